The number of nitrogens with one attached hydrogen (secondary N) is 2. The van der Waals surface area contributed by atoms with Gasteiger partial charge >= 0.3 is 0 Å². The Kier molecular flexibility index (Phi) is 6.29. The molecule has 25 heavy (non-hydrogen) atoms. The molecule has 1 amide bonds. The van der Waals surface area contributed by atoms with Gasteiger partial charge in [0, 0.05) is 37.8 Å². The summed E-state index contributed by atoms with van der Waals surface area (Å²) in [5.74, 6) is -0.00361. The van der Waals surface area contributed by atoms with Gasteiger partial charge in [-0.2, -0.15) is 0 Å². The van der Waals surface area contributed by atoms with E-state index in [2.05, 4.69) is 15.5 Å². The number of ether oxygens (including phenoxy) is 2. The summed E-state index contributed by atoms with van der Waals surface area (Å²) in [4.78, 5) is 15.1. The van der Waals surface area contributed by atoms with Gasteiger partial charge in [0.1, 0.15) is 0 Å². The predicted octanol–water partition coefficient (Wildman–Crippen LogP) is 1.27. The monoisotopic (exact) mass is 347 g/mol. The van der Waals surface area contributed by atoms with E-state index in [9.17, 15) is 4.79 Å². The zero-order valence-corrected chi connectivity index (χ0v) is 15.1. The largest absolute Gasteiger partial charge is 0.384 e. The summed E-state index contributed by atoms with van der Waals surface area (Å²) in [5.41, 5.74) is 1.77. The number of anilines is 1. The molecule has 2 aliphatic rings. The second-order valence-electron chi connectivity index (χ2n) is 6.98. The second kappa shape index (κ2) is 8.65. The first-order valence-electron chi connectivity index (χ1n) is 9.14. The maximum absolute atomic E-state index is 12.9. The van der Waals surface area contributed by atoms with Gasteiger partial charge < -0.3 is 25.0 Å². The van der Waals surface area contributed by atoms with Crippen LogP contribution in [0.25, 0.3) is 0 Å². The molecule has 0 aromatic heterocycles. The van der Waals surface area contributed by atoms with Gasteiger partial charge in [-0.3, -0.25) is 4.79 Å². The standard InChI is InChI=1S/C19H29N3O3/c1-24-15-19(6-8-20-9-7-19)14-21-18(23)16-4-2-3-5-17(16)22-10-12-25-13-11-22/h2-5,20H,6-15H2,1H3,(H,21,23). The van der Waals surface area contributed by atoms with E-state index in [0.29, 0.717) is 26.4 Å². The third-order valence-corrected chi connectivity index (χ3v) is 5.24. The molecular formula is C19H29N3O3. The van der Waals surface area contributed by atoms with Crippen LogP contribution >= 0.6 is 0 Å². The molecule has 1 aromatic carbocycles. The van der Waals surface area contributed by atoms with Gasteiger partial charge in [-0.1, -0.05) is 12.1 Å². The molecular weight excluding hydrogens is 318 g/mol. The van der Waals surface area contributed by atoms with Crippen LogP contribution in [0.4, 0.5) is 5.69 Å². The Hall–Kier alpha value is -1.63. The molecule has 0 aliphatic carbocycles. The van der Waals surface area contributed by atoms with Gasteiger partial charge in [0.15, 0.2) is 0 Å². The maximum Gasteiger partial charge on any atom is 0.253 e. The number of morpholine rings is 1. The number of hydrogen-bond acceptors (Lipinski definition) is 5. The zero-order chi connectivity index (χ0) is 17.5. The lowest BCUT2D eigenvalue weighted by Gasteiger charge is -2.37. The lowest BCUT2D eigenvalue weighted by Crippen LogP contribution is -2.47. The molecule has 0 radical (unpaired) electrons. The van der Waals surface area contributed by atoms with Gasteiger partial charge in [-0.15, -0.1) is 0 Å². The number of hydrogen-bond donors (Lipinski definition) is 2. The van der Waals surface area contributed by atoms with Crippen molar-refractivity contribution in [3.05, 3.63) is 29.8 Å². The van der Waals surface area contributed by atoms with E-state index < -0.39 is 0 Å². The molecule has 2 aliphatic heterocycles. The highest BCUT2D eigenvalue weighted by Gasteiger charge is 2.33. The van der Waals surface area contributed by atoms with Crippen LogP contribution in [0.2, 0.25) is 0 Å². The second-order valence-corrected chi connectivity index (χ2v) is 6.98. The molecule has 0 bridgehead atoms. The Morgan fingerprint density at radius 3 is 2.72 bits per heavy atom. The fraction of sp³-hybridized carbons (Fsp3) is 0.632. The van der Waals surface area contributed by atoms with Gasteiger partial charge in [0.25, 0.3) is 5.91 Å². The van der Waals surface area contributed by atoms with Crippen LogP contribution in [-0.4, -0.2) is 65.6 Å². The van der Waals surface area contributed by atoms with Crippen LogP contribution in [-0.2, 0) is 9.47 Å². The SMILES string of the molecule is COCC1(CNC(=O)c2ccccc2N2CCOCC2)CCNCC1. The van der Waals surface area contributed by atoms with Crippen molar-refractivity contribution in [2.45, 2.75) is 12.8 Å². The first kappa shape index (κ1) is 18.2. The van der Waals surface area contributed by atoms with Crippen molar-refractivity contribution in [1.82, 2.24) is 10.6 Å². The molecule has 2 N–H and O–H groups in total. The fourth-order valence-corrected chi connectivity index (χ4v) is 3.74. The molecule has 138 valence electrons. The predicted molar refractivity (Wildman–Crippen MR) is 98.2 cm³/mol. The molecule has 6 nitrogen and oxygen atoms in total. The van der Waals surface area contributed by atoms with Gasteiger partial charge in [-0.25, -0.2) is 0 Å². The van der Waals surface area contributed by atoms with E-state index in [1.54, 1.807) is 7.11 Å². The van der Waals surface area contributed by atoms with E-state index in [-0.39, 0.29) is 11.3 Å². The van der Waals surface area contributed by atoms with Crippen molar-refractivity contribution in [3.8, 4) is 0 Å². The molecule has 3 rings (SSSR count). The third kappa shape index (κ3) is 4.51. The minimum absolute atomic E-state index is 0.00361. The van der Waals surface area contributed by atoms with Crippen LogP contribution in [0.15, 0.2) is 24.3 Å². The Bertz CT molecular complexity index is 561. The minimum Gasteiger partial charge on any atom is -0.384 e. The fourth-order valence-electron chi connectivity index (χ4n) is 3.74. The molecule has 2 heterocycles. The smallest absolute Gasteiger partial charge is 0.253 e. The summed E-state index contributed by atoms with van der Waals surface area (Å²) >= 11 is 0. The van der Waals surface area contributed by atoms with E-state index in [4.69, 9.17) is 9.47 Å². The molecule has 0 saturated carbocycles. The van der Waals surface area contributed by atoms with Gasteiger partial charge in [0.2, 0.25) is 0 Å². The average Bonchev–Trinajstić information content (AvgIpc) is 2.68. The lowest BCUT2D eigenvalue weighted by molar-refractivity contribution is 0.0511. The Morgan fingerprint density at radius 1 is 1.28 bits per heavy atom. The number of rotatable bonds is 6. The van der Waals surface area contributed by atoms with Crippen molar-refractivity contribution in [2.75, 3.05) is 64.6 Å². The molecule has 0 atom stereocenters. The topological polar surface area (TPSA) is 62.8 Å². The maximum atomic E-state index is 12.9. The first-order chi connectivity index (χ1) is 12.2. The summed E-state index contributed by atoms with van der Waals surface area (Å²) in [6, 6.07) is 7.84. The molecule has 0 unspecified atom stereocenters. The van der Waals surface area contributed by atoms with Crippen LogP contribution in [0.1, 0.15) is 23.2 Å². The number of para-hydroxylation sites is 1. The van der Waals surface area contributed by atoms with Crippen molar-refractivity contribution < 1.29 is 14.3 Å². The minimum atomic E-state index is -0.00361. The molecule has 1 aromatic rings. The summed E-state index contributed by atoms with van der Waals surface area (Å²) in [5, 5.41) is 6.55. The van der Waals surface area contributed by atoms with E-state index >= 15 is 0 Å². The van der Waals surface area contributed by atoms with Crippen LogP contribution in [0.3, 0.4) is 0 Å². The van der Waals surface area contributed by atoms with Gasteiger partial charge in [-0.05, 0) is 38.1 Å². The number of carbonyl (C=O) groups excluding carboxylic acids is 1. The Morgan fingerprint density at radius 2 is 2.00 bits per heavy atom. The van der Waals surface area contributed by atoms with Crippen LogP contribution in [0, 0.1) is 5.41 Å². The first-order valence-corrected chi connectivity index (χ1v) is 9.14. The Balaban J connectivity index is 1.68. The number of methoxy groups -OCH3 is 1. The summed E-state index contributed by atoms with van der Waals surface area (Å²) in [6.07, 6.45) is 2.04. The molecule has 2 saturated heterocycles. The number of benzene rings is 1. The molecule has 0 spiro atoms. The summed E-state index contributed by atoms with van der Waals surface area (Å²) in [6.45, 7) is 6.35. The number of carbonyl (C=O) groups is 1. The number of nitrogens with zero attached hydrogens (tertiary/aromatic N) is 1. The third-order valence-electron chi connectivity index (χ3n) is 5.24. The van der Waals surface area contributed by atoms with Crippen molar-refractivity contribution in [2.24, 2.45) is 5.41 Å². The summed E-state index contributed by atoms with van der Waals surface area (Å²) < 4.78 is 10.9. The van der Waals surface area contributed by atoms with Crippen molar-refractivity contribution in [1.29, 1.82) is 0 Å². The molecule has 6 heteroatoms. The zero-order valence-electron chi connectivity index (χ0n) is 15.1. The molecule has 2 fully saturated rings. The Labute approximate surface area is 149 Å². The van der Waals surface area contributed by atoms with Crippen molar-refractivity contribution >= 4 is 11.6 Å². The van der Waals surface area contributed by atoms with E-state index in [0.717, 1.165) is 50.3 Å². The highest BCUT2D eigenvalue weighted by molar-refractivity contribution is 5.99. The lowest BCUT2D eigenvalue weighted by atomic mass is 9.79. The highest BCUT2D eigenvalue weighted by atomic mass is 16.5. The summed E-state index contributed by atoms with van der Waals surface area (Å²) in [7, 11) is 1.74. The number of piperidine rings is 1. The van der Waals surface area contributed by atoms with Crippen LogP contribution in [0.5, 0.6) is 0 Å². The van der Waals surface area contributed by atoms with Crippen LogP contribution < -0.4 is 15.5 Å². The van der Waals surface area contributed by atoms with E-state index in [1.165, 1.54) is 0 Å². The van der Waals surface area contributed by atoms with Crippen molar-refractivity contribution in [3.63, 3.8) is 0 Å². The van der Waals surface area contributed by atoms with Gasteiger partial charge in [0.05, 0.1) is 25.4 Å². The van der Waals surface area contributed by atoms with E-state index in [1.807, 2.05) is 24.3 Å². The quantitative estimate of drug-likeness (QED) is 0.811. The normalized spacial score (nSPS) is 20.3. The number of amides is 1. The highest BCUT2D eigenvalue weighted by Crippen LogP contribution is 2.29. The average molecular weight is 347 g/mol.